The predicted octanol–water partition coefficient (Wildman–Crippen LogP) is 3.80. The molecule has 2 heterocycles. The zero-order valence-corrected chi connectivity index (χ0v) is 19.2. The van der Waals surface area contributed by atoms with Crippen molar-refractivity contribution < 1.29 is 12.8 Å². The number of sulfonamides is 1. The van der Waals surface area contributed by atoms with Gasteiger partial charge < -0.3 is 10.2 Å². The van der Waals surface area contributed by atoms with Crippen molar-refractivity contribution in [3.05, 3.63) is 71.3 Å². The minimum absolute atomic E-state index is 0.148. The maximum absolute atomic E-state index is 13.4. The first kappa shape index (κ1) is 22.2. The van der Waals surface area contributed by atoms with E-state index in [0.29, 0.717) is 43.4 Å². The summed E-state index contributed by atoms with van der Waals surface area (Å²) in [5, 5.41) is 3.30. The van der Waals surface area contributed by atoms with E-state index in [2.05, 4.69) is 20.2 Å². The van der Waals surface area contributed by atoms with E-state index in [1.54, 1.807) is 6.92 Å². The fourth-order valence-electron chi connectivity index (χ4n) is 3.76. The summed E-state index contributed by atoms with van der Waals surface area (Å²) in [5.74, 6) is 1.63. The Bertz CT molecular complexity index is 1220. The van der Waals surface area contributed by atoms with Crippen LogP contribution in [0.3, 0.4) is 0 Å². The summed E-state index contributed by atoms with van der Waals surface area (Å²) in [5.41, 5.74) is 2.52. The molecule has 1 aromatic heterocycles. The number of hydrogen-bond acceptors (Lipinski definition) is 6. The normalized spacial score (nSPS) is 15.1. The smallest absolute Gasteiger partial charge is 0.243 e. The average molecular weight is 456 g/mol. The molecule has 0 saturated carbocycles. The highest BCUT2D eigenvalue weighted by Gasteiger charge is 2.30. The lowest BCUT2D eigenvalue weighted by Gasteiger charge is -2.35. The maximum atomic E-state index is 13.4. The minimum atomic E-state index is -3.68. The molecule has 9 heteroatoms. The van der Waals surface area contributed by atoms with E-state index in [1.807, 2.05) is 44.2 Å². The fraction of sp³-hybridized carbons (Fsp3) is 0.304. The molecule has 3 aromatic rings. The van der Waals surface area contributed by atoms with Gasteiger partial charge in [0.05, 0.1) is 4.90 Å². The van der Waals surface area contributed by atoms with Crippen LogP contribution < -0.4 is 10.2 Å². The van der Waals surface area contributed by atoms with Gasteiger partial charge in [-0.15, -0.1) is 0 Å². The second-order valence-corrected chi connectivity index (χ2v) is 9.86. The SMILES string of the molecule is Cc1ccc(Nc2cc(N3CCN(S(=O)(=O)c4ccc(F)cc4C)CC3)nc(C)n2)cc1. The summed E-state index contributed by atoms with van der Waals surface area (Å²) in [6, 6.07) is 13.7. The van der Waals surface area contributed by atoms with Gasteiger partial charge in [-0.2, -0.15) is 4.31 Å². The fourth-order valence-corrected chi connectivity index (χ4v) is 5.39. The van der Waals surface area contributed by atoms with Gasteiger partial charge >= 0.3 is 0 Å². The second-order valence-electron chi connectivity index (χ2n) is 7.95. The van der Waals surface area contributed by atoms with Crippen LogP contribution in [0.4, 0.5) is 21.7 Å². The average Bonchev–Trinajstić information content (AvgIpc) is 2.75. The van der Waals surface area contributed by atoms with Gasteiger partial charge in [0.25, 0.3) is 0 Å². The first-order valence-electron chi connectivity index (χ1n) is 10.4. The van der Waals surface area contributed by atoms with Crippen LogP contribution in [0.2, 0.25) is 0 Å². The van der Waals surface area contributed by atoms with Crippen LogP contribution in [0.15, 0.2) is 53.4 Å². The summed E-state index contributed by atoms with van der Waals surface area (Å²) < 4.78 is 40.9. The number of halogens is 1. The van der Waals surface area contributed by atoms with Crippen molar-refractivity contribution in [2.45, 2.75) is 25.7 Å². The van der Waals surface area contributed by atoms with Gasteiger partial charge in [0, 0.05) is 37.9 Å². The molecule has 4 rings (SSSR count). The van der Waals surface area contributed by atoms with Crippen molar-refractivity contribution in [3.63, 3.8) is 0 Å². The van der Waals surface area contributed by atoms with E-state index in [1.165, 1.54) is 28.1 Å². The Kier molecular flexibility index (Phi) is 6.12. The van der Waals surface area contributed by atoms with Crippen LogP contribution in [0, 0.1) is 26.6 Å². The van der Waals surface area contributed by atoms with Crippen LogP contribution in [-0.4, -0.2) is 48.9 Å². The number of nitrogens with zero attached hydrogens (tertiary/aromatic N) is 4. The number of benzene rings is 2. The van der Waals surface area contributed by atoms with Gasteiger partial charge in [-0.25, -0.2) is 22.8 Å². The lowest BCUT2D eigenvalue weighted by Crippen LogP contribution is -2.49. The second kappa shape index (κ2) is 8.84. The quantitative estimate of drug-likeness (QED) is 0.631. The van der Waals surface area contributed by atoms with Gasteiger partial charge in [-0.3, -0.25) is 0 Å². The van der Waals surface area contributed by atoms with Gasteiger partial charge in [0.2, 0.25) is 10.0 Å². The highest BCUT2D eigenvalue weighted by atomic mass is 32.2. The third-order valence-corrected chi connectivity index (χ3v) is 7.52. The summed E-state index contributed by atoms with van der Waals surface area (Å²) in [4.78, 5) is 11.2. The van der Waals surface area contributed by atoms with Crippen LogP contribution >= 0.6 is 0 Å². The predicted molar refractivity (Wildman–Crippen MR) is 123 cm³/mol. The summed E-state index contributed by atoms with van der Waals surface area (Å²) in [7, 11) is -3.68. The number of aromatic nitrogens is 2. The number of hydrogen-bond donors (Lipinski definition) is 1. The molecule has 1 N–H and O–H groups in total. The third kappa shape index (κ3) is 4.73. The number of anilines is 3. The monoisotopic (exact) mass is 455 g/mol. The Morgan fingerprint density at radius 1 is 0.906 bits per heavy atom. The summed E-state index contributed by atoms with van der Waals surface area (Å²) in [6.07, 6.45) is 0. The molecule has 1 fully saturated rings. The molecule has 2 aromatic carbocycles. The van der Waals surface area contributed by atoms with E-state index < -0.39 is 15.8 Å². The van der Waals surface area contributed by atoms with E-state index in [9.17, 15) is 12.8 Å². The molecule has 0 spiro atoms. The van der Waals surface area contributed by atoms with Gasteiger partial charge in [0.1, 0.15) is 23.3 Å². The van der Waals surface area contributed by atoms with Gasteiger partial charge in [-0.1, -0.05) is 17.7 Å². The molecule has 32 heavy (non-hydrogen) atoms. The van der Waals surface area contributed by atoms with E-state index >= 15 is 0 Å². The summed E-state index contributed by atoms with van der Waals surface area (Å²) in [6.45, 7) is 7.12. The van der Waals surface area contributed by atoms with Crippen molar-refractivity contribution in [1.82, 2.24) is 14.3 Å². The Labute approximate surface area is 188 Å². The molecule has 0 radical (unpaired) electrons. The third-order valence-electron chi connectivity index (χ3n) is 5.47. The molecular weight excluding hydrogens is 429 g/mol. The molecular formula is C23H26FN5O2S. The highest BCUT2D eigenvalue weighted by Crippen LogP contribution is 2.25. The zero-order chi connectivity index (χ0) is 22.9. The highest BCUT2D eigenvalue weighted by molar-refractivity contribution is 7.89. The molecule has 1 aliphatic rings. The molecule has 7 nitrogen and oxygen atoms in total. The number of rotatable bonds is 5. The van der Waals surface area contributed by atoms with Crippen molar-refractivity contribution >= 4 is 27.3 Å². The maximum Gasteiger partial charge on any atom is 0.243 e. The summed E-state index contributed by atoms with van der Waals surface area (Å²) >= 11 is 0. The number of piperazine rings is 1. The Morgan fingerprint density at radius 3 is 2.25 bits per heavy atom. The lowest BCUT2D eigenvalue weighted by molar-refractivity contribution is 0.383. The zero-order valence-electron chi connectivity index (χ0n) is 18.3. The van der Waals surface area contributed by atoms with Crippen molar-refractivity contribution in [2.75, 3.05) is 36.4 Å². The van der Waals surface area contributed by atoms with Crippen LogP contribution in [0.5, 0.6) is 0 Å². The topological polar surface area (TPSA) is 78.4 Å². The van der Waals surface area contributed by atoms with E-state index in [0.717, 1.165) is 11.5 Å². The van der Waals surface area contributed by atoms with E-state index in [-0.39, 0.29) is 4.90 Å². The van der Waals surface area contributed by atoms with Crippen LogP contribution in [0.1, 0.15) is 17.0 Å². The number of aryl methyl sites for hydroxylation is 3. The molecule has 1 saturated heterocycles. The van der Waals surface area contributed by atoms with Crippen LogP contribution in [-0.2, 0) is 10.0 Å². The molecule has 168 valence electrons. The Balaban J connectivity index is 1.48. The van der Waals surface area contributed by atoms with Crippen LogP contribution in [0.25, 0.3) is 0 Å². The van der Waals surface area contributed by atoms with Gasteiger partial charge in [-0.05, 0) is 56.7 Å². The molecule has 0 bridgehead atoms. The molecule has 1 aliphatic heterocycles. The standard InChI is InChI=1S/C23H26FN5O2S/c1-16-4-7-20(8-5-16)27-22-15-23(26-18(3)25-22)28-10-12-29(13-11-28)32(30,31)21-9-6-19(24)14-17(21)2/h4-9,14-15H,10-13H2,1-3H3,(H,25,26,27). The largest absolute Gasteiger partial charge is 0.354 e. The van der Waals surface area contributed by atoms with Crippen molar-refractivity contribution in [2.24, 2.45) is 0 Å². The van der Waals surface area contributed by atoms with Crippen molar-refractivity contribution in [3.8, 4) is 0 Å². The molecule has 0 aliphatic carbocycles. The molecule has 0 amide bonds. The molecule has 0 atom stereocenters. The van der Waals surface area contributed by atoms with Gasteiger partial charge in [0.15, 0.2) is 0 Å². The Morgan fingerprint density at radius 2 is 1.59 bits per heavy atom. The first-order valence-corrected chi connectivity index (χ1v) is 11.9. The lowest BCUT2D eigenvalue weighted by atomic mass is 10.2. The molecule has 0 unspecified atom stereocenters. The van der Waals surface area contributed by atoms with Crippen molar-refractivity contribution in [1.29, 1.82) is 0 Å². The van der Waals surface area contributed by atoms with E-state index in [4.69, 9.17) is 0 Å². The Hall–Kier alpha value is -3.04. The number of nitrogens with one attached hydrogen (secondary N) is 1. The first-order chi connectivity index (χ1) is 15.2. The minimum Gasteiger partial charge on any atom is -0.354 e.